The Hall–Kier alpha value is -2.35. The smallest absolute Gasteiger partial charge is 0.423 e. The predicted molar refractivity (Wildman–Crippen MR) is 122 cm³/mol. The van der Waals surface area contributed by atoms with Crippen LogP contribution in [0.4, 0.5) is 0 Å². The fourth-order valence-electron chi connectivity index (χ4n) is 3.94. The van der Waals surface area contributed by atoms with Crippen LogP contribution in [0.2, 0.25) is 5.02 Å². The second-order valence-corrected chi connectivity index (χ2v) is 8.78. The molecule has 2 amide bonds. The minimum atomic E-state index is -1.66. The van der Waals surface area contributed by atoms with Gasteiger partial charge in [-0.1, -0.05) is 49.7 Å². The van der Waals surface area contributed by atoms with Crippen molar-refractivity contribution in [2.75, 3.05) is 13.1 Å². The molecule has 0 saturated carbocycles. The molecule has 0 spiro atoms. The van der Waals surface area contributed by atoms with Crippen LogP contribution in [0.5, 0.6) is 0 Å². The Bertz CT molecular complexity index is 912. The topological polar surface area (TPSA) is 89.9 Å². The van der Waals surface area contributed by atoms with Gasteiger partial charge in [-0.2, -0.15) is 0 Å². The first kappa shape index (κ1) is 23.3. The van der Waals surface area contributed by atoms with E-state index in [0.717, 1.165) is 12.8 Å². The molecule has 2 aromatic rings. The second kappa shape index (κ2) is 10.3. The van der Waals surface area contributed by atoms with Crippen LogP contribution >= 0.6 is 11.6 Å². The van der Waals surface area contributed by atoms with Crippen molar-refractivity contribution in [3.05, 3.63) is 64.7 Å². The lowest BCUT2D eigenvalue weighted by Gasteiger charge is -2.35. The van der Waals surface area contributed by atoms with E-state index in [-0.39, 0.29) is 22.9 Å². The third kappa shape index (κ3) is 5.88. The minimum absolute atomic E-state index is 0.0861. The van der Waals surface area contributed by atoms with E-state index in [4.69, 9.17) is 11.6 Å². The number of rotatable bonds is 6. The van der Waals surface area contributed by atoms with E-state index < -0.39 is 19.1 Å². The number of benzene rings is 2. The van der Waals surface area contributed by atoms with Crippen LogP contribution in [0.15, 0.2) is 48.5 Å². The normalized spacial score (nSPS) is 15.6. The molecule has 0 aliphatic carbocycles. The van der Waals surface area contributed by atoms with Crippen LogP contribution in [-0.2, 0) is 4.79 Å². The first-order valence-corrected chi connectivity index (χ1v) is 10.9. The monoisotopic (exact) mass is 442 g/mol. The molecule has 1 fully saturated rings. The van der Waals surface area contributed by atoms with Gasteiger partial charge in [0.15, 0.2) is 0 Å². The lowest BCUT2D eigenvalue weighted by Crippen LogP contribution is -2.53. The van der Waals surface area contributed by atoms with Gasteiger partial charge in [0.1, 0.15) is 6.04 Å². The molecular weight excluding hydrogens is 415 g/mol. The number of carbonyl (C=O) groups excluding carboxylic acids is 2. The van der Waals surface area contributed by atoms with Gasteiger partial charge in [-0.05, 0) is 60.0 Å². The van der Waals surface area contributed by atoms with Crippen molar-refractivity contribution in [3.63, 3.8) is 0 Å². The summed E-state index contributed by atoms with van der Waals surface area (Å²) in [7, 11) is -1.66. The summed E-state index contributed by atoms with van der Waals surface area (Å²) >= 11 is 5.98. The number of likely N-dealkylation sites (tertiary alicyclic amines) is 1. The molecule has 0 aromatic heterocycles. The fourth-order valence-corrected chi connectivity index (χ4v) is 4.07. The third-order valence-corrected chi connectivity index (χ3v) is 6.07. The van der Waals surface area contributed by atoms with Gasteiger partial charge < -0.3 is 20.3 Å². The maximum absolute atomic E-state index is 13.2. The Balaban J connectivity index is 1.63. The maximum atomic E-state index is 13.2. The van der Waals surface area contributed by atoms with Gasteiger partial charge in [0, 0.05) is 23.7 Å². The molecular formula is C23H28BClN2O4. The SMILES string of the molecule is CC(C)C(NC(=O)c1cccc(B(O)O)c1)C(=O)N1CCC(c2ccc(Cl)cc2)CC1. The number of hydrogen-bond acceptors (Lipinski definition) is 4. The average Bonchev–Trinajstić information content (AvgIpc) is 2.77. The zero-order valence-corrected chi connectivity index (χ0v) is 18.5. The van der Waals surface area contributed by atoms with E-state index in [1.807, 2.05) is 43.0 Å². The highest BCUT2D eigenvalue weighted by atomic mass is 35.5. The van der Waals surface area contributed by atoms with Crippen molar-refractivity contribution in [1.29, 1.82) is 0 Å². The van der Waals surface area contributed by atoms with Gasteiger partial charge in [-0.25, -0.2) is 0 Å². The lowest BCUT2D eigenvalue weighted by atomic mass is 9.79. The molecule has 31 heavy (non-hydrogen) atoms. The largest absolute Gasteiger partial charge is 0.488 e. The summed E-state index contributed by atoms with van der Waals surface area (Å²) in [6.07, 6.45) is 1.73. The summed E-state index contributed by atoms with van der Waals surface area (Å²) in [5.41, 5.74) is 1.74. The van der Waals surface area contributed by atoms with Crippen molar-refractivity contribution in [2.45, 2.75) is 38.6 Å². The molecule has 1 aliphatic heterocycles. The van der Waals surface area contributed by atoms with Crippen LogP contribution in [-0.4, -0.2) is 53.0 Å². The average molecular weight is 443 g/mol. The Kier molecular flexibility index (Phi) is 7.76. The van der Waals surface area contributed by atoms with E-state index in [1.165, 1.54) is 17.7 Å². The molecule has 8 heteroatoms. The number of piperidine rings is 1. The molecule has 1 heterocycles. The fraction of sp³-hybridized carbons (Fsp3) is 0.391. The molecule has 2 aromatic carbocycles. The highest BCUT2D eigenvalue weighted by molar-refractivity contribution is 6.58. The zero-order chi connectivity index (χ0) is 22.5. The molecule has 1 atom stereocenters. The van der Waals surface area contributed by atoms with Gasteiger partial charge in [-0.3, -0.25) is 9.59 Å². The standard InChI is InChI=1S/C23H28BClN2O4/c1-15(2)21(26-22(28)18-4-3-5-19(14-18)24(30)31)23(29)27-12-10-17(11-13-27)16-6-8-20(25)9-7-16/h3-9,14-15,17,21,30-31H,10-13H2,1-2H3,(H,26,28). The summed E-state index contributed by atoms with van der Waals surface area (Å²) in [6.45, 7) is 5.07. The van der Waals surface area contributed by atoms with Gasteiger partial charge in [-0.15, -0.1) is 0 Å². The number of amides is 2. The minimum Gasteiger partial charge on any atom is -0.423 e. The molecule has 1 saturated heterocycles. The second-order valence-electron chi connectivity index (χ2n) is 8.35. The predicted octanol–water partition coefficient (Wildman–Crippen LogP) is 2.18. The zero-order valence-electron chi connectivity index (χ0n) is 17.8. The van der Waals surface area contributed by atoms with Crippen LogP contribution < -0.4 is 10.8 Å². The number of halogens is 1. The number of nitrogens with one attached hydrogen (secondary N) is 1. The van der Waals surface area contributed by atoms with E-state index in [1.54, 1.807) is 12.1 Å². The Morgan fingerprint density at radius 1 is 1.10 bits per heavy atom. The highest BCUT2D eigenvalue weighted by Gasteiger charge is 2.32. The molecule has 164 valence electrons. The number of carbonyl (C=O) groups is 2. The number of hydrogen-bond donors (Lipinski definition) is 3. The molecule has 0 radical (unpaired) electrons. The Labute approximate surface area is 188 Å². The Morgan fingerprint density at radius 2 is 1.74 bits per heavy atom. The van der Waals surface area contributed by atoms with Crippen molar-refractivity contribution in [2.24, 2.45) is 5.92 Å². The first-order valence-electron chi connectivity index (χ1n) is 10.6. The maximum Gasteiger partial charge on any atom is 0.488 e. The summed E-state index contributed by atoms with van der Waals surface area (Å²) in [5, 5.41) is 22.2. The molecule has 0 bridgehead atoms. The van der Waals surface area contributed by atoms with Crippen LogP contribution in [0.3, 0.4) is 0 Å². The molecule has 6 nitrogen and oxygen atoms in total. The summed E-state index contributed by atoms with van der Waals surface area (Å²) in [6, 6.07) is 13.3. The van der Waals surface area contributed by atoms with Gasteiger partial charge >= 0.3 is 7.12 Å². The summed E-state index contributed by atoms with van der Waals surface area (Å²) in [4.78, 5) is 27.7. The molecule has 1 unspecified atom stereocenters. The van der Waals surface area contributed by atoms with Gasteiger partial charge in [0.05, 0.1) is 0 Å². The van der Waals surface area contributed by atoms with Crippen LogP contribution in [0.1, 0.15) is 48.5 Å². The van der Waals surface area contributed by atoms with Crippen molar-refractivity contribution < 1.29 is 19.6 Å². The lowest BCUT2D eigenvalue weighted by molar-refractivity contribution is -0.135. The van der Waals surface area contributed by atoms with Crippen molar-refractivity contribution in [3.8, 4) is 0 Å². The van der Waals surface area contributed by atoms with Crippen molar-refractivity contribution in [1.82, 2.24) is 10.2 Å². The number of nitrogens with zero attached hydrogens (tertiary/aromatic N) is 1. The van der Waals surface area contributed by atoms with Crippen molar-refractivity contribution >= 4 is 36.0 Å². The van der Waals surface area contributed by atoms with E-state index >= 15 is 0 Å². The van der Waals surface area contributed by atoms with E-state index in [0.29, 0.717) is 24.0 Å². The first-order chi connectivity index (χ1) is 14.8. The molecule has 1 aliphatic rings. The summed E-state index contributed by atoms with van der Waals surface area (Å²) in [5.74, 6) is -0.194. The highest BCUT2D eigenvalue weighted by Crippen LogP contribution is 2.29. The van der Waals surface area contributed by atoms with Gasteiger partial charge in [0.25, 0.3) is 5.91 Å². The van der Waals surface area contributed by atoms with Crippen LogP contribution in [0.25, 0.3) is 0 Å². The molecule has 3 rings (SSSR count). The summed E-state index contributed by atoms with van der Waals surface area (Å²) < 4.78 is 0. The Morgan fingerprint density at radius 3 is 2.32 bits per heavy atom. The molecule has 3 N–H and O–H groups in total. The third-order valence-electron chi connectivity index (χ3n) is 5.81. The quantitative estimate of drug-likeness (QED) is 0.598. The van der Waals surface area contributed by atoms with Crippen LogP contribution in [0, 0.1) is 5.92 Å². The van der Waals surface area contributed by atoms with E-state index in [9.17, 15) is 19.6 Å². The van der Waals surface area contributed by atoms with Gasteiger partial charge in [0.2, 0.25) is 5.91 Å². The van der Waals surface area contributed by atoms with E-state index in [2.05, 4.69) is 5.32 Å².